The third-order valence-electron chi connectivity index (χ3n) is 4.35. The van der Waals surface area contributed by atoms with Crippen LogP contribution in [0.15, 0.2) is 0 Å². The van der Waals surface area contributed by atoms with E-state index in [0.29, 0.717) is 5.41 Å². The summed E-state index contributed by atoms with van der Waals surface area (Å²) in [6, 6.07) is 0. The first-order chi connectivity index (χ1) is 8.70. The minimum atomic E-state index is 0.594. The van der Waals surface area contributed by atoms with Crippen LogP contribution in [0, 0.1) is 5.41 Å². The number of nitrogens with zero attached hydrogens (tertiary/aromatic N) is 1. The topological polar surface area (TPSA) is 12.5 Å². The standard InChI is InChI=1S/C16H33NO/c1-4-6-9-16(3,8-5-2)10-7-11-17-12-14-18-15-13-17/h4-15H2,1-3H3. The molecule has 0 aliphatic carbocycles. The minimum Gasteiger partial charge on any atom is -0.379 e. The van der Waals surface area contributed by atoms with Crippen LogP contribution in [0.1, 0.15) is 65.7 Å². The van der Waals surface area contributed by atoms with Crippen molar-refractivity contribution in [3.05, 3.63) is 0 Å². The second-order valence-corrected chi connectivity index (χ2v) is 6.22. The highest BCUT2D eigenvalue weighted by Crippen LogP contribution is 2.34. The first-order valence-electron chi connectivity index (χ1n) is 8.00. The molecule has 1 heterocycles. The van der Waals surface area contributed by atoms with E-state index in [1.54, 1.807) is 0 Å². The van der Waals surface area contributed by atoms with E-state index < -0.39 is 0 Å². The molecular weight excluding hydrogens is 222 g/mol. The van der Waals surface area contributed by atoms with E-state index in [9.17, 15) is 0 Å². The van der Waals surface area contributed by atoms with Crippen LogP contribution in [0.2, 0.25) is 0 Å². The molecule has 1 saturated heterocycles. The maximum atomic E-state index is 5.40. The highest BCUT2D eigenvalue weighted by Gasteiger charge is 2.22. The van der Waals surface area contributed by atoms with Crippen molar-refractivity contribution in [2.75, 3.05) is 32.8 Å². The van der Waals surface area contributed by atoms with E-state index in [4.69, 9.17) is 4.74 Å². The Balaban J connectivity index is 2.22. The van der Waals surface area contributed by atoms with Crippen LogP contribution in [0.4, 0.5) is 0 Å². The molecule has 1 rings (SSSR count). The van der Waals surface area contributed by atoms with E-state index >= 15 is 0 Å². The first-order valence-corrected chi connectivity index (χ1v) is 8.00. The fraction of sp³-hybridized carbons (Fsp3) is 1.00. The van der Waals surface area contributed by atoms with Crippen LogP contribution in [-0.2, 0) is 4.74 Å². The van der Waals surface area contributed by atoms with Gasteiger partial charge < -0.3 is 4.74 Å². The van der Waals surface area contributed by atoms with Crippen molar-refractivity contribution >= 4 is 0 Å². The van der Waals surface area contributed by atoms with Crippen molar-refractivity contribution in [3.8, 4) is 0 Å². The third-order valence-corrected chi connectivity index (χ3v) is 4.35. The second-order valence-electron chi connectivity index (χ2n) is 6.22. The molecule has 1 aliphatic rings. The Morgan fingerprint density at radius 1 is 0.944 bits per heavy atom. The van der Waals surface area contributed by atoms with Gasteiger partial charge in [0.05, 0.1) is 13.2 Å². The van der Waals surface area contributed by atoms with Crippen molar-refractivity contribution in [2.45, 2.75) is 65.7 Å². The summed E-state index contributed by atoms with van der Waals surface area (Å²) in [6.45, 7) is 12.6. The predicted molar refractivity (Wildman–Crippen MR) is 79.0 cm³/mol. The van der Waals surface area contributed by atoms with Crippen LogP contribution in [-0.4, -0.2) is 37.7 Å². The molecule has 0 spiro atoms. The maximum Gasteiger partial charge on any atom is 0.0594 e. The minimum absolute atomic E-state index is 0.594. The Bertz CT molecular complexity index is 201. The molecule has 2 nitrogen and oxygen atoms in total. The monoisotopic (exact) mass is 255 g/mol. The highest BCUT2D eigenvalue weighted by molar-refractivity contribution is 4.75. The van der Waals surface area contributed by atoms with E-state index in [1.165, 1.54) is 51.5 Å². The third kappa shape index (κ3) is 6.19. The zero-order valence-electron chi connectivity index (χ0n) is 12.8. The van der Waals surface area contributed by atoms with E-state index in [-0.39, 0.29) is 0 Å². The molecule has 0 radical (unpaired) electrons. The van der Waals surface area contributed by atoms with Gasteiger partial charge in [-0.3, -0.25) is 4.90 Å². The van der Waals surface area contributed by atoms with Gasteiger partial charge in [-0.05, 0) is 37.6 Å². The van der Waals surface area contributed by atoms with Gasteiger partial charge in [0, 0.05) is 13.1 Å². The lowest BCUT2D eigenvalue weighted by atomic mass is 9.77. The Morgan fingerprint density at radius 3 is 2.22 bits per heavy atom. The Hall–Kier alpha value is -0.0800. The first kappa shape index (κ1) is 16.0. The van der Waals surface area contributed by atoms with Gasteiger partial charge in [-0.2, -0.15) is 0 Å². The van der Waals surface area contributed by atoms with E-state index in [0.717, 1.165) is 26.3 Å². The lowest BCUT2D eigenvalue weighted by Crippen LogP contribution is -2.37. The SMILES string of the molecule is CCCCC(C)(CCC)CCCN1CCOCC1. The van der Waals surface area contributed by atoms with E-state index in [1.807, 2.05) is 0 Å². The summed E-state index contributed by atoms with van der Waals surface area (Å²) in [5.41, 5.74) is 0.594. The van der Waals surface area contributed by atoms with Gasteiger partial charge in [-0.1, -0.05) is 40.0 Å². The summed E-state index contributed by atoms with van der Waals surface area (Å²) >= 11 is 0. The van der Waals surface area contributed by atoms with Crippen molar-refractivity contribution in [1.29, 1.82) is 0 Å². The molecular formula is C16H33NO. The molecule has 1 aliphatic heterocycles. The average molecular weight is 255 g/mol. The molecule has 1 fully saturated rings. The molecule has 0 aromatic carbocycles. The van der Waals surface area contributed by atoms with Crippen LogP contribution < -0.4 is 0 Å². The molecule has 0 N–H and O–H groups in total. The summed E-state index contributed by atoms with van der Waals surface area (Å²) in [6.07, 6.45) is 9.64. The number of hydrogen-bond donors (Lipinski definition) is 0. The summed E-state index contributed by atoms with van der Waals surface area (Å²) < 4.78 is 5.40. The zero-order valence-corrected chi connectivity index (χ0v) is 12.8. The number of hydrogen-bond acceptors (Lipinski definition) is 2. The van der Waals surface area contributed by atoms with Crippen LogP contribution >= 0.6 is 0 Å². The number of unbranched alkanes of at least 4 members (excludes halogenated alkanes) is 1. The maximum absolute atomic E-state index is 5.40. The van der Waals surface area contributed by atoms with Gasteiger partial charge in [-0.25, -0.2) is 0 Å². The molecule has 0 aromatic heterocycles. The number of ether oxygens (including phenoxy) is 1. The molecule has 108 valence electrons. The van der Waals surface area contributed by atoms with Gasteiger partial charge in [-0.15, -0.1) is 0 Å². The van der Waals surface area contributed by atoms with Crippen molar-refractivity contribution in [3.63, 3.8) is 0 Å². The lowest BCUT2D eigenvalue weighted by molar-refractivity contribution is 0.0353. The number of morpholine rings is 1. The average Bonchev–Trinajstić information content (AvgIpc) is 2.38. The zero-order chi connectivity index (χ0) is 13.3. The summed E-state index contributed by atoms with van der Waals surface area (Å²) in [4.78, 5) is 2.57. The second kappa shape index (κ2) is 8.92. The molecule has 2 heteroatoms. The summed E-state index contributed by atoms with van der Waals surface area (Å²) in [5, 5.41) is 0. The molecule has 0 aromatic rings. The van der Waals surface area contributed by atoms with Crippen LogP contribution in [0.3, 0.4) is 0 Å². The number of rotatable bonds is 9. The molecule has 0 bridgehead atoms. The molecule has 0 saturated carbocycles. The smallest absolute Gasteiger partial charge is 0.0594 e. The lowest BCUT2D eigenvalue weighted by Gasteiger charge is -2.32. The van der Waals surface area contributed by atoms with E-state index in [2.05, 4.69) is 25.7 Å². The quantitative estimate of drug-likeness (QED) is 0.615. The van der Waals surface area contributed by atoms with Gasteiger partial charge in [0.1, 0.15) is 0 Å². The summed E-state index contributed by atoms with van der Waals surface area (Å²) in [7, 11) is 0. The van der Waals surface area contributed by atoms with Crippen molar-refractivity contribution in [2.24, 2.45) is 5.41 Å². The fourth-order valence-corrected chi connectivity index (χ4v) is 3.14. The van der Waals surface area contributed by atoms with Crippen LogP contribution in [0.5, 0.6) is 0 Å². The van der Waals surface area contributed by atoms with Crippen molar-refractivity contribution in [1.82, 2.24) is 4.90 Å². The summed E-state index contributed by atoms with van der Waals surface area (Å²) in [5.74, 6) is 0. The molecule has 1 unspecified atom stereocenters. The Kier molecular flexibility index (Phi) is 7.92. The van der Waals surface area contributed by atoms with Gasteiger partial charge in [0.25, 0.3) is 0 Å². The largest absolute Gasteiger partial charge is 0.379 e. The van der Waals surface area contributed by atoms with Gasteiger partial charge in [0.2, 0.25) is 0 Å². The Morgan fingerprint density at radius 2 is 1.61 bits per heavy atom. The van der Waals surface area contributed by atoms with Crippen molar-refractivity contribution < 1.29 is 4.74 Å². The normalized spacial score (nSPS) is 20.8. The molecule has 1 atom stereocenters. The highest BCUT2D eigenvalue weighted by atomic mass is 16.5. The predicted octanol–water partition coefficient (Wildman–Crippen LogP) is 4.10. The van der Waals surface area contributed by atoms with Gasteiger partial charge in [0.15, 0.2) is 0 Å². The molecule has 0 amide bonds. The van der Waals surface area contributed by atoms with Gasteiger partial charge >= 0.3 is 0 Å². The Labute approximate surface area is 114 Å². The van der Waals surface area contributed by atoms with Crippen LogP contribution in [0.25, 0.3) is 0 Å². The molecule has 18 heavy (non-hydrogen) atoms. The fourth-order valence-electron chi connectivity index (χ4n) is 3.14.